The van der Waals surface area contributed by atoms with E-state index in [1.165, 1.54) is 24.3 Å². The van der Waals surface area contributed by atoms with Gasteiger partial charge in [-0.25, -0.2) is 8.42 Å². The van der Waals surface area contributed by atoms with Gasteiger partial charge in [0.25, 0.3) is 0 Å². The molecule has 0 saturated heterocycles. The molecular formula is C9H7Cl3O2S. The highest BCUT2D eigenvalue weighted by Gasteiger charge is 2.14. The second-order valence-corrected chi connectivity index (χ2v) is 5.60. The Labute approximate surface area is 103 Å². The maximum Gasteiger partial charge on any atom is 0.201 e. The van der Waals surface area contributed by atoms with Gasteiger partial charge in [0.2, 0.25) is 9.84 Å². The van der Waals surface area contributed by atoms with Crippen LogP contribution in [0.2, 0.25) is 10.0 Å². The fourth-order valence-electron chi connectivity index (χ4n) is 0.932. The van der Waals surface area contributed by atoms with Crippen LogP contribution in [-0.4, -0.2) is 14.3 Å². The van der Waals surface area contributed by atoms with Crippen molar-refractivity contribution in [3.8, 4) is 0 Å². The quantitative estimate of drug-likeness (QED) is 0.796. The number of rotatable bonds is 3. The van der Waals surface area contributed by atoms with Crippen LogP contribution in [0.1, 0.15) is 0 Å². The average molecular weight is 286 g/mol. The maximum absolute atomic E-state index is 11.7. The van der Waals surface area contributed by atoms with Gasteiger partial charge in [-0.2, -0.15) is 0 Å². The first-order valence-corrected chi connectivity index (χ1v) is 6.73. The van der Waals surface area contributed by atoms with Crippen LogP contribution in [0, 0.1) is 0 Å². The van der Waals surface area contributed by atoms with Gasteiger partial charge in [-0.1, -0.05) is 29.3 Å². The topological polar surface area (TPSA) is 34.1 Å². The van der Waals surface area contributed by atoms with Crippen molar-refractivity contribution in [1.29, 1.82) is 0 Å². The maximum atomic E-state index is 11.7. The Morgan fingerprint density at radius 3 is 2.53 bits per heavy atom. The predicted octanol–water partition coefficient (Wildman–Crippen LogP) is 3.52. The molecule has 0 fully saturated rings. The minimum Gasteiger partial charge on any atom is -0.219 e. The largest absolute Gasteiger partial charge is 0.219 e. The molecule has 1 rings (SSSR count). The number of hydrogen-bond donors (Lipinski definition) is 0. The molecule has 0 aliphatic heterocycles. The molecule has 1 aromatic carbocycles. The zero-order chi connectivity index (χ0) is 11.5. The van der Waals surface area contributed by atoms with E-state index in [0.717, 1.165) is 5.41 Å². The molecule has 82 valence electrons. The van der Waals surface area contributed by atoms with Crippen LogP contribution in [0.5, 0.6) is 0 Å². The number of halogens is 3. The molecule has 0 saturated carbocycles. The van der Waals surface area contributed by atoms with E-state index in [2.05, 4.69) is 0 Å². The summed E-state index contributed by atoms with van der Waals surface area (Å²) >= 11 is 16.8. The lowest BCUT2D eigenvalue weighted by molar-refractivity contribution is 0.604. The van der Waals surface area contributed by atoms with Gasteiger partial charge < -0.3 is 0 Å². The molecule has 0 aliphatic carbocycles. The third kappa shape index (κ3) is 3.38. The summed E-state index contributed by atoms with van der Waals surface area (Å²) in [6, 6.07) is 4.26. The second-order valence-electron chi connectivity index (χ2n) is 2.65. The lowest BCUT2D eigenvalue weighted by Gasteiger charge is -2.02. The van der Waals surface area contributed by atoms with Gasteiger partial charge in [0.1, 0.15) is 0 Å². The molecule has 0 unspecified atom stereocenters. The zero-order valence-electron chi connectivity index (χ0n) is 7.45. The average Bonchev–Trinajstić information content (AvgIpc) is 2.18. The van der Waals surface area contributed by atoms with Crippen LogP contribution in [-0.2, 0) is 9.84 Å². The van der Waals surface area contributed by atoms with E-state index in [1.807, 2.05) is 0 Å². The Morgan fingerprint density at radius 1 is 1.27 bits per heavy atom. The summed E-state index contributed by atoms with van der Waals surface area (Å²) in [4.78, 5) is -0.0157. The molecule has 0 radical (unpaired) electrons. The van der Waals surface area contributed by atoms with Crippen molar-refractivity contribution >= 4 is 44.6 Å². The van der Waals surface area contributed by atoms with Crippen LogP contribution in [0.25, 0.3) is 0 Å². The molecule has 6 heteroatoms. The summed E-state index contributed by atoms with van der Waals surface area (Å²) in [6.07, 6.45) is 1.33. The van der Waals surface area contributed by atoms with E-state index in [9.17, 15) is 8.42 Å². The van der Waals surface area contributed by atoms with Gasteiger partial charge in [0.05, 0.1) is 9.92 Å². The highest BCUT2D eigenvalue weighted by molar-refractivity contribution is 7.94. The third-order valence-corrected chi connectivity index (χ3v) is 3.92. The van der Waals surface area contributed by atoms with Crippen LogP contribution in [0.15, 0.2) is 34.6 Å². The predicted molar refractivity (Wildman–Crippen MR) is 63.5 cm³/mol. The van der Waals surface area contributed by atoms with E-state index >= 15 is 0 Å². The molecule has 15 heavy (non-hydrogen) atoms. The molecule has 0 N–H and O–H groups in total. The molecule has 0 spiro atoms. The molecule has 2 nitrogen and oxygen atoms in total. The highest BCUT2D eigenvalue weighted by Crippen LogP contribution is 2.26. The minimum absolute atomic E-state index is 0.0157. The number of hydrogen-bond acceptors (Lipinski definition) is 2. The van der Waals surface area contributed by atoms with Gasteiger partial charge in [-0.3, -0.25) is 0 Å². The SMILES string of the molecule is O=S(=O)(C=CCCl)c1cc(Cl)ccc1Cl. The van der Waals surface area contributed by atoms with Crippen molar-refractivity contribution < 1.29 is 8.42 Å². The Bertz CT molecular complexity index is 480. The highest BCUT2D eigenvalue weighted by atomic mass is 35.5. The Kier molecular flexibility index (Phi) is 4.46. The molecular weight excluding hydrogens is 279 g/mol. The molecule has 0 aromatic heterocycles. The molecule has 0 bridgehead atoms. The molecule has 0 heterocycles. The molecule has 1 aromatic rings. The summed E-state index contributed by atoms with van der Waals surface area (Å²) < 4.78 is 23.4. The lowest BCUT2D eigenvalue weighted by atomic mass is 10.4. The Balaban J connectivity index is 3.27. The molecule has 0 aliphatic rings. The summed E-state index contributed by atoms with van der Waals surface area (Å²) in [5, 5.41) is 1.47. The van der Waals surface area contributed by atoms with Crippen molar-refractivity contribution in [1.82, 2.24) is 0 Å². The smallest absolute Gasteiger partial charge is 0.201 e. The van der Waals surface area contributed by atoms with Crippen LogP contribution in [0.3, 0.4) is 0 Å². The number of sulfone groups is 1. The van der Waals surface area contributed by atoms with E-state index < -0.39 is 9.84 Å². The number of allylic oxidation sites excluding steroid dienone is 1. The molecule has 0 atom stereocenters. The summed E-state index contributed by atoms with van der Waals surface area (Å²) in [5.74, 6) is 0.122. The third-order valence-electron chi connectivity index (χ3n) is 1.56. The number of benzene rings is 1. The monoisotopic (exact) mass is 284 g/mol. The lowest BCUT2D eigenvalue weighted by Crippen LogP contribution is -1.97. The van der Waals surface area contributed by atoms with Crippen molar-refractivity contribution in [2.45, 2.75) is 4.90 Å². The Hall–Kier alpha value is -0.220. The van der Waals surface area contributed by atoms with Gasteiger partial charge in [0, 0.05) is 16.3 Å². The van der Waals surface area contributed by atoms with Crippen molar-refractivity contribution in [3.63, 3.8) is 0 Å². The number of alkyl halides is 1. The van der Waals surface area contributed by atoms with Crippen LogP contribution in [0.4, 0.5) is 0 Å². The van der Waals surface area contributed by atoms with Gasteiger partial charge in [-0.05, 0) is 18.2 Å². The zero-order valence-corrected chi connectivity index (χ0v) is 10.5. The normalized spacial score (nSPS) is 12.2. The van der Waals surface area contributed by atoms with E-state index in [4.69, 9.17) is 34.8 Å². The summed E-state index contributed by atoms with van der Waals surface area (Å²) in [6.45, 7) is 0. The molecule has 0 amide bonds. The van der Waals surface area contributed by atoms with Gasteiger partial charge >= 0.3 is 0 Å². The first-order chi connectivity index (χ1) is 6.97. The van der Waals surface area contributed by atoms with Gasteiger partial charge in [0.15, 0.2) is 0 Å². The summed E-state index contributed by atoms with van der Waals surface area (Å²) in [7, 11) is -3.56. The van der Waals surface area contributed by atoms with Crippen LogP contribution < -0.4 is 0 Å². The minimum atomic E-state index is -3.56. The fraction of sp³-hybridized carbons (Fsp3) is 0.111. The second kappa shape index (κ2) is 5.21. The van der Waals surface area contributed by atoms with Gasteiger partial charge in [-0.15, -0.1) is 11.6 Å². The first kappa shape index (κ1) is 12.8. The fourth-order valence-corrected chi connectivity index (χ4v) is 2.93. The van der Waals surface area contributed by atoms with Crippen molar-refractivity contribution in [3.05, 3.63) is 39.7 Å². The van der Waals surface area contributed by atoms with Crippen molar-refractivity contribution in [2.24, 2.45) is 0 Å². The summed E-state index contributed by atoms with van der Waals surface area (Å²) in [5.41, 5.74) is 0. The van der Waals surface area contributed by atoms with E-state index in [-0.39, 0.29) is 15.8 Å². The van der Waals surface area contributed by atoms with Crippen LogP contribution >= 0.6 is 34.8 Å². The van der Waals surface area contributed by atoms with Crippen molar-refractivity contribution in [2.75, 3.05) is 5.88 Å². The van der Waals surface area contributed by atoms with E-state index in [0.29, 0.717) is 5.02 Å². The Morgan fingerprint density at radius 2 is 1.93 bits per heavy atom. The van der Waals surface area contributed by atoms with E-state index in [1.54, 1.807) is 0 Å². The first-order valence-electron chi connectivity index (χ1n) is 3.90. The standard InChI is InChI=1S/C9H7Cl3O2S/c10-4-1-5-15(13,14)9-6-7(11)2-3-8(9)12/h1-3,5-6H,4H2.